The van der Waals surface area contributed by atoms with Crippen LogP contribution >= 0.6 is 0 Å². The summed E-state index contributed by atoms with van der Waals surface area (Å²) < 4.78 is 0. The number of para-hydroxylation sites is 2. The number of nitrogens with zero attached hydrogens (tertiary/aromatic N) is 2. The van der Waals surface area contributed by atoms with Gasteiger partial charge in [0.15, 0.2) is 5.78 Å². The van der Waals surface area contributed by atoms with Gasteiger partial charge in [-0.2, -0.15) is 0 Å². The van der Waals surface area contributed by atoms with Crippen molar-refractivity contribution in [2.75, 3.05) is 5.06 Å². The third-order valence-corrected chi connectivity index (χ3v) is 4.77. The number of fused-ring (bicyclic) bond motifs is 1. The van der Waals surface area contributed by atoms with E-state index in [9.17, 15) is 10.0 Å². The fourth-order valence-corrected chi connectivity index (χ4v) is 3.26. The molecule has 4 rings (SSSR count). The quantitative estimate of drug-likeness (QED) is 0.763. The number of benzene rings is 2. The summed E-state index contributed by atoms with van der Waals surface area (Å²) in [5.74, 6) is 0.269. The fraction of sp³-hybridized carbons (Fsp3) is 0.130. The molecule has 2 aliphatic rings. The van der Waals surface area contributed by atoms with Crippen LogP contribution in [-0.4, -0.2) is 16.7 Å². The molecule has 0 amide bonds. The Kier molecular flexibility index (Phi) is 4.34. The number of hydroxylamine groups is 1. The van der Waals surface area contributed by atoms with Crippen LogP contribution in [0.25, 0.3) is 0 Å². The van der Waals surface area contributed by atoms with Gasteiger partial charge in [0.2, 0.25) is 0 Å². The lowest BCUT2D eigenvalue weighted by Crippen LogP contribution is -2.30. The maximum Gasteiger partial charge on any atom is 0.188 e. The van der Waals surface area contributed by atoms with Crippen LogP contribution in [0.1, 0.15) is 30.9 Å². The zero-order valence-electron chi connectivity index (χ0n) is 15.3. The molecule has 4 nitrogen and oxygen atoms in total. The first-order chi connectivity index (χ1) is 13.1. The van der Waals surface area contributed by atoms with Crippen LogP contribution in [0.15, 0.2) is 89.1 Å². The number of hydrogen-bond donors (Lipinski definition) is 1. The van der Waals surface area contributed by atoms with Gasteiger partial charge in [-0.05, 0) is 35.8 Å². The van der Waals surface area contributed by atoms with E-state index in [-0.39, 0.29) is 5.78 Å². The number of ketones is 1. The molecule has 1 heterocycles. The van der Waals surface area contributed by atoms with Gasteiger partial charge in [0, 0.05) is 5.56 Å². The number of anilines is 1. The predicted molar refractivity (Wildman–Crippen MR) is 108 cm³/mol. The zero-order valence-corrected chi connectivity index (χ0v) is 15.3. The van der Waals surface area contributed by atoms with Crippen molar-refractivity contribution < 1.29 is 10.0 Å². The maximum atomic E-state index is 12.5. The van der Waals surface area contributed by atoms with Crippen molar-refractivity contribution in [2.45, 2.75) is 19.8 Å². The van der Waals surface area contributed by atoms with E-state index in [0.29, 0.717) is 34.3 Å². The highest BCUT2D eigenvalue weighted by Crippen LogP contribution is 2.38. The molecular formula is C23H20N2O2. The molecule has 0 radical (unpaired) electrons. The predicted octanol–water partition coefficient (Wildman–Crippen LogP) is 5.09. The highest BCUT2D eigenvalue weighted by Gasteiger charge is 2.29. The lowest BCUT2D eigenvalue weighted by molar-refractivity contribution is -0.111. The van der Waals surface area contributed by atoms with Crippen molar-refractivity contribution in [3.8, 4) is 0 Å². The number of hydrogen-bond acceptors (Lipinski definition) is 4. The molecule has 2 aromatic rings. The second-order valence-electron chi connectivity index (χ2n) is 6.88. The van der Waals surface area contributed by atoms with E-state index in [1.807, 2.05) is 30.3 Å². The molecule has 27 heavy (non-hydrogen) atoms. The van der Waals surface area contributed by atoms with Gasteiger partial charge in [0.25, 0.3) is 0 Å². The Morgan fingerprint density at radius 3 is 2.37 bits per heavy atom. The molecule has 1 N–H and O–H groups in total. The minimum atomic E-state index is -0.155. The smallest absolute Gasteiger partial charge is 0.188 e. The maximum absolute atomic E-state index is 12.5. The first-order valence-corrected chi connectivity index (χ1v) is 8.97. The topological polar surface area (TPSA) is 52.9 Å². The SMILES string of the molecule is CC(C)c1ccc(C2=Nc3ccccc3N(O)/C2=C2/C=CC=CC2=O)cc1. The van der Waals surface area contributed by atoms with Crippen LogP contribution in [0.2, 0.25) is 0 Å². The minimum absolute atomic E-state index is 0.155. The van der Waals surface area contributed by atoms with Gasteiger partial charge >= 0.3 is 0 Å². The Balaban J connectivity index is 1.93. The summed E-state index contributed by atoms with van der Waals surface area (Å²) in [7, 11) is 0. The van der Waals surface area contributed by atoms with Gasteiger partial charge in [-0.15, -0.1) is 0 Å². The molecule has 0 aromatic heterocycles. The van der Waals surface area contributed by atoms with Crippen LogP contribution in [-0.2, 0) is 4.79 Å². The molecule has 0 fully saturated rings. The second kappa shape index (κ2) is 6.82. The Labute approximate surface area is 158 Å². The van der Waals surface area contributed by atoms with Crippen LogP contribution in [0.3, 0.4) is 0 Å². The monoisotopic (exact) mass is 356 g/mol. The average molecular weight is 356 g/mol. The number of aliphatic imine (C=N–C) groups is 1. The van der Waals surface area contributed by atoms with Gasteiger partial charge in [-0.25, -0.2) is 10.1 Å². The fourth-order valence-electron chi connectivity index (χ4n) is 3.26. The van der Waals surface area contributed by atoms with Crippen molar-refractivity contribution in [3.63, 3.8) is 0 Å². The van der Waals surface area contributed by atoms with Crippen molar-refractivity contribution in [3.05, 3.63) is 95.2 Å². The summed E-state index contributed by atoms with van der Waals surface area (Å²) >= 11 is 0. The Hall–Kier alpha value is -3.24. The minimum Gasteiger partial charge on any atom is -0.289 e. The number of allylic oxidation sites excluding steroid dienone is 6. The van der Waals surface area contributed by atoms with Crippen molar-refractivity contribution in [2.24, 2.45) is 4.99 Å². The van der Waals surface area contributed by atoms with E-state index in [0.717, 1.165) is 10.6 Å². The van der Waals surface area contributed by atoms with Crippen LogP contribution < -0.4 is 5.06 Å². The Morgan fingerprint density at radius 2 is 1.67 bits per heavy atom. The largest absolute Gasteiger partial charge is 0.289 e. The van der Waals surface area contributed by atoms with Crippen LogP contribution in [0, 0.1) is 0 Å². The van der Waals surface area contributed by atoms with E-state index in [2.05, 4.69) is 26.0 Å². The number of carbonyl (C=O) groups excluding carboxylic acids is 1. The Bertz CT molecular complexity index is 1020. The van der Waals surface area contributed by atoms with E-state index >= 15 is 0 Å². The first-order valence-electron chi connectivity index (χ1n) is 8.97. The van der Waals surface area contributed by atoms with Gasteiger partial charge in [0.05, 0.1) is 22.7 Å². The van der Waals surface area contributed by atoms with Crippen LogP contribution in [0.5, 0.6) is 0 Å². The third-order valence-electron chi connectivity index (χ3n) is 4.77. The lowest BCUT2D eigenvalue weighted by atomic mass is 9.94. The molecule has 4 heteroatoms. The van der Waals surface area contributed by atoms with Crippen molar-refractivity contribution in [1.29, 1.82) is 0 Å². The Morgan fingerprint density at radius 1 is 0.963 bits per heavy atom. The lowest BCUT2D eigenvalue weighted by Gasteiger charge is -2.29. The first kappa shape index (κ1) is 17.2. The van der Waals surface area contributed by atoms with Gasteiger partial charge in [-0.1, -0.05) is 62.4 Å². The average Bonchev–Trinajstić information content (AvgIpc) is 2.69. The van der Waals surface area contributed by atoms with E-state index < -0.39 is 0 Å². The third kappa shape index (κ3) is 3.04. The summed E-state index contributed by atoms with van der Waals surface area (Å²) in [4.78, 5) is 17.3. The molecule has 0 unspecified atom stereocenters. The highest BCUT2D eigenvalue weighted by molar-refractivity contribution is 6.23. The van der Waals surface area contributed by atoms with Crippen LogP contribution in [0.4, 0.5) is 11.4 Å². The molecule has 0 saturated heterocycles. The molecule has 1 aliphatic heterocycles. The molecule has 2 aromatic carbocycles. The summed E-state index contributed by atoms with van der Waals surface area (Å²) in [6.45, 7) is 4.29. The molecule has 134 valence electrons. The molecule has 0 spiro atoms. The van der Waals surface area contributed by atoms with E-state index in [1.165, 1.54) is 11.6 Å². The molecular weight excluding hydrogens is 336 g/mol. The molecule has 0 atom stereocenters. The van der Waals surface area contributed by atoms with Gasteiger partial charge in [-0.3, -0.25) is 10.0 Å². The van der Waals surface area contributed by atoms with Gasteiger partial charge in [0.1, 0.15) is 5.70 Å². The standard InChI is InChI=1S/C23H20N2O2/c1-15(2)16-11-13-17(14-12-16)22-23(18-7-3-6-10-21(18)26)25(27)20-9-5-4-8-19(20)24-22/h3-15,27H,1-2H3/b23-18-. The number of carbonyl (C=O) groups is 1. The van der Waals surface area contributed by atoms with Gasteiger partial charge < -0.3 is 0 Å². The van der Waals surface area contributed by atoms with Crippen molar-refractivity contribution >= 4 is 22.9 Å². The summed E-state index contributed by atoms with van der Waals surface area (Å²) in [6, 6.07) is 15.4. The van der Waals surface area contributed by atoms with E-state index in [4.69, 9.17) is 4.99 Å². The summed E-state index contributed by atoms with van der Waals surface area (Å²) in [5, 5.41) is 12.0. The summed E-state index contributed by atoms with van der Waals surface area (Å²) in [6.07, 6.45) is 6.69. The van der Waals surface area contributed by atoms with Crippen molar-refractivity contribution in [1.82, 2.24) is 0 Å². The summed E-state index contributed by atoms with van der Waals surface area (Å²) in [5.41, 5.74) is 4.69. The molecule has 1 aliphatic carbocycles. The normalized spacial score (nSPS) is 18.7. The molecule has 0 bridgehead atoms. The van der Waals surface area contributed by atoms with E-state index in [1.54, 1.807) is 24.3 Å². The highest BCUT2D eigenvalue weighted by atomic mass is 16.5. The second-order valence-corrected chi connectivity index (χ2v) is 6.88. The molecule has 0 saturated carbocycles. The zero-order chi connectivity index (χ0) is 19.0. The number of rotatable bonds is 2.